The topological polar surface area (TPSA) is 12.5 Å². The SMILES string of the molecule is CCN(CC)CCOC(c1ccccc1)c1ccc([125I])cc1. The zero-order valence-electron chi connectivity index (χ0n) is 13.3. The molecule has 0 spiro atoms. The molecular weight excluding hydrogens is 383 g/mol. The largest absolute Gasteiger partial charge is 0.367 e. The summed E-state index contributed by atoms with van der Waals surface area (Å²) >= 11 is 2.33. The van der Waals surface area contributed by atoms with Gasteiger partial charge in [-0.25, -0.2) is 0 Å². The molecular formula is C19H24INO. The highest BCUT2D eigenvalue weighted by Gasteiger charge is 2.14. The van der Waals surface area contributed by atoms with Gasteiger partial charge in [-0.3, -0.25) is 0 Å². The molecule has 0 fully saturated rings. The Morgan fingerprint density at radius 2 is 1.50 bits per heavy atom. The van der Waals surface area contributed by atoms with Crippen LogP contribution in [0, 0.1) is 3.57 Å². The van der Waals surface area contributed by atoms with Crippen LogP contribution in [0.5, 0.6) is 0 Å². The summed E-state index contributed by atoms with van der Waals surface area (Å²) < 4.78 is 7.49. The Morgan fingerprint density at radius 1 is 0.909 bits per heavy atom. The molecule has 0 aliphatic rings. The Balaban J connectivity index is 2.10. The van der Waals surface area contributed by atoms with Crippen molar-refractivity contribution in [1.82, 2.24) is 4.90 Å². The molecule has 0 N–H and O–H groups in total. The number of ether oxygens (including phenoxy) is 1. The van der Waals surface area contributed by atoms with Crippen molar-refractivity contribution in [1.29, 1.82) is 0 Å². The number of nitrogens with zero attached hydrogens (tertiary/aromatic N) is 1. The van der Waals surface area contributed by atoms with E-state index in [0.29, 0.717) is 0 Å². The van der Waals surface area contributed by atoms with Gasteiger partial charge in [0.2, 0.25) is 0 Å². The van der Waals surface area contributed by atoms with E-state index in [9.17, 15) is 0 Å². The van der Waals surface area contributed by atoms with E-state index in [-0.39, 0.29) is 6.10 Å². The number of rotatable bonds is 8. The van der Waals surface area contributed by atoms with Crippen molar-refractivity contribution in [2.75, 3.05) is 26.2 Å². The lowest BCUT2D eigenvalue weighted by Crippen LogP contribution is -2.27. The van der Waals surface area contributed by atoms with Crippen molar-refractivity contribution in [3.8, 4) is 0 Å². The summed E-state index contributed by atoms with van der Waals surface area (Å²) in [5.41, 5.74) is 2.43. The second-order valence-corrected chi connectivity index (χ2v) is 6.49. The highest BCUT2D eigenvalue weighted by molar-refractivity contribution is 14.1. The van der Waals surface area contributed by atoms with Crippen molar-refractivity contribution >= 4 is 22.6 Å². The fourth-order valence-corrected chi connectivity index (χ4v) is 2.85. The maximum Gasteiger partial charge on any atom is 0.108 e. The molecule has 22 heavy (non-hydrogen) atoms. The highest BCUT2D eigenvalue weighted by Crippen LogP contribution is 2.26. The molecule has 2 aromatic carbocycles. The van der Waals surface area contributed by atoms with Crippen molar-refractivity contribution in [3.63, 3.8) is 0 Å². The van der Waals surface area contributed by atoms with Crippen molar-refractivity contribution in [2.45, 2.75) is 20.0 Å². The molecule has 118 valence electrons. The van der Waals surface area contributed by atoms with Crippen molar-refractivity contribution in [2.24, 2.45) is 0 Å². The molecule has 1 atom stereocenters. The van der Waals surface area contributed by atoms with Crippen LogP contribution in [0.4, 0.5) is 0 Å². The van der Waals surface area contributed by atoms with Crippen LogP contribution in [0.15, 0.2) is 54.6 Å². The Hall–Kier alpha value is -0.910. The zero-order valence-corrected chi connectivity index (χ0v) is 15.5. The third-order valence-corrected chi connectivity index (χ3v) is 4.58. The molecule has 0 aliphatic carbocycles. The summed E-state index contributed by atoms with van der Waals surface area (Å²) in [6.07, 6.45) is 0.00811. The number of likely N-dealkylation sites (N-methyl/N-ethyl adjacent to an activating group) is 1. The van der Waals surface area contributed by atoms with Gasteiger partial charge in [0.25, 0.3) is 0 Å². The van der Waals surface area contributed by atoms with E-state index in [2.05, 4.69) is 89.9 Å². The molecule has 1 unspecified atom stereocenters. The highest BCUT2D eigenvalue weighted by atomic mass is 125. The van der Waals surface area contributed by atoms with Gasteiger partial charge in [0.05, 0.1) is 6.61 Å². The van der Waals surface area contributed by atoms with Gasteiger partial charge in [-0.05, 0) is 58.9 Å². The van der Waals surface area contributed by atoms with E-state index in [1.807, 2.05) is 6.07 Å². The summed E-state index contributed by atoms with van der Waals surface area (Å²) in [6, 6.07) is 19.1. The van der Waals surface area contributed by atoms with Crippen LogP contribution in [0.3, 0.4) is 0 Å². The Labute approximate surface area is 147 Å². The number of hydrogen-bond donors (Lipinski definition) is 0. The van der Waals surface area contributed by atoms with Gasteiger partial charge in [0, 0.05) is 10.1 Å². The minimum Gasteiger partial charge on any atom is -0.367 e. The third kappa shape index (κ3) is 5.07. The number of hydrogen-bond acceptors (Lipinski definition) is 2. The molecule has 0 radical (unpaired) electrons. The normalized spacial score (nSPS) is 12.5. The van der Waals surface area contributed by atoms with Crippen molar-refractivity contribution in [3.05, 3.63) is 69.3 Å². The molecule has 0 heterocycles. The number of halogens is 1. The molecule has 0 amide bonds. The van der Waals surface area contributed by atoms with Crippen LogP contribution in [-0.4, -0.2) is 31.1 Å². The third-order valence-electron chi connectivity index (χ3n) is 3.86. The van der Waals surface area contributed by atoms with Gasteiger partial charge < -0.3 is 9.64 Å². The second kappa shape index (κ2) is 9.28. The minimum atomic E-state index is 0.00811. The zero-order chi connectivity index (χ0) is 15.8. The van der Waals surface area contributed by atoms with Crippen molar-refractivity contribution < 1.29 is 4.74 Å². The maximum atomic E-state index is 6.24. The fourth-order valence-electron chi connectivity index (χ4n) is 2.49. The fraction of sp³-hybridized carbons (Fsp3) is 0.368. The summed E-state index contributed by atoms with van der Waals surface area (Å²) in [5.74, 6) is 0. The maximum absolute atomic E-state index is 6.24. The first-order valence-electron chi connectivity index (χ1n) is 7.89. The molecule has 2 rings (SSSR count). The van der Waals surface area contributed by atoms with Gasteiger partial charge >= 0.3 is 0 Å². The standard InChI is InChI=1S/C19H24INO/c1-3-21(4-2)14-15-22-19(16-8-6-5-7-9-16)17-10-12-18(20)13-11-17/h5-13,19H,3-4,14-15H2,1-2H3/i20-2. The van der Waals surface area contributed by atoms with Gasteiger partial charge in [0.1, 0.15) is 6.10 Å². The molecule has 0 aromatic heterocycles. The predicted octanol–water partition coefficient (Wildman–Crippen LogP) is 4.74. The van der Waals surface area contributed by atoms with Crippen LogP contribution < -0.4 is 0 Å². The smallest absolute Gasteiger partial charge is 0.108 e. The van der Waals surface area contributed by atoms with Crippen LogP contribution in [0.1, 0.15) is 31.1 Å². The molecule has 0 saturated heterocycles. The Morgan fingerprint density at radius 3 is 2.09 bits per heavy atom. The van der Waals surface area contributed by atoms with Crippen LogP contribution in [0.2, 0.25) is 0 Å². The summed E-state index contributed by atoms with van der Waals surface area (Å²) in [5, 5.41) is 0. The predicted molar refractivity (Wildman–Crippen MR) is 101 cm³/mol. The summed E-state index contributed by atoms with van der Waals surface area (Å²) in [7, 11) is 0. The van der Waals surface area contributed by atoms with E-state index >= 15 is 0 Å². The molecule has 0 saturated carbocycles. The van der Waals surface area contributed by atoms with Crippen LogP contribution in [-0.2, 0) is 4.74 Å². The quantitative estimate of drug-likeness (QED) is 0.587. The van der Waals surface area contributed by atoms with E-state index in [1.54, 1.807) is 0 Å². The average molecular weight is 407 g/mol. The molecule has 2 aromatic rings. The second-order valence-electron chi connectivity index (χ2n) is 5.24. The minimum absolute atomic E-state index is 0.00811. The lowest BCUT2D eigenvalue weighted by atomic mass is 10.0. The molecule has 3 heteroatoms. The lowest BCUT2D eigenvalue weighted by molar-refractivity contribution is 0.0619. The van der Waals surface area contributed by atoms with E-state index in [1.165, 1.54) is 14.7 Å². The Bertz CT molecular complexity index is 537. The summed E-state index contributed by atoms with van der Waals surface area (Å²) in [6.45, 7) is 8.24. The first kappa shape index (κ1) is 17.4. The Kier molecular flexibility index (Phi) is 7.36. The van der Waals surface area contributed by atoms with Gasteiger partial charge in [-0.1, -0.05) is 56.3 Å². The lowest BCUT2D eigenvalue weighted by Gasteiger charge is -2.22. The summed E-state index contributed by atoms with van der Waals surface area (Å²) in [4.78, 5) is 2.38. The van der Waals surface area contributed by atoms with Crippen LogP contribution >= 0.6 is 22.6 Å². The van der Waals surface area contributed by atoms with Crippen LogP contribution in [0.25, 0.3) is 0 Å². The first-order chi connectivity index (χ1) is 10.7. The molecule has 2 nitrogen and oxygen atoms in total. The van der Waals surface area contributed by atoms with E-state index < -0.39 is 0 Å². The number of benzene rings is 2. The van der Waals surface area contributed by atoms with E-state index in [4.69, 9.17) is 4.74 Å². The van der Waals surface area contributed by atoms with Gasteiger partial charge in [-0.2, -0.15) is 0 Å². The van der Waals surface area contributed by atoms with E-state index in [0.717, 1.165) is 26.2 Å². The van der Waals surface area contributed by atoms with Gasteiger partial charge in [0.15, 0.2) is 0 Å². The average Bonchev–Trinajstić information content (AvgIpc) is 2.57. The first-order valence-corrected chi connectivity index (χ1v) is 8.96. The molecule has 0 bridgehead atoms. The monoisotopic (exact) mass is 407 g/mol. The molecule has 0 aliphatic heterocycles. The van der Waals surface area contributed by atoms with Gasteiger partial charge in [-0.15, -0.1) is 0 Å².